The third-order valence-corrected chi connectivity index (χ3v) is 3.06. The smallest absolute Gasteiger partial charge is 0.336 e. The van der Waals surface area contributed by atoms with E-state index in [0.717, 1.165) is 10.8 Å². The second-order valence-electron chi connectivity index (χ2n) is 4.58. The van der Waals surface area contributed by atoms with Crippen molar-refractivity contribution >= 4 is 45.3 Å². The van der Waals surface area contributed by atoms with Crippen LogP contribution in [0.5, 0.6) is 0 Å². The SMILES string of the molecule is O=c1ccc2ccccc2o1.O=c1ccc2ccccc2o1.SS. The standard InChI is InChI=1S/2C9H6O2.H2S2/c2*10-9-6-5-7-3-1-2-4-8(7)11-9;1-2/h2*1-6H;1-2H. The molecule has 0 unspecified atom stereocenters. The van der Waals surface area contributed by atoms with Crippen molar-refractivity contribution in [1.82, 2.24) is 0 Å². The molecule has 2 aromatic carbocycles. The first kappa shape index (κ1) is 17.9. The zero-order valence-electron chi connectivity index (χ0n) is 12.5. The molecule has 4 nitrogen and oxygen atoms in total. The van der Waals surface area contributed by atoms with Gasteiger partial charge in [0.1, 0.15) is 11.2 Å². The Kier molecular flexibility index (Phi) is 6.72. The fourth-order valence-corrected chi connectivity index (χ4v) is 2.02. The van der Waals surface area contributed by atoms with E-state index in [1.54, 1.807) is 24.3 Å². The molecule has 2 heterocycles. The van der Waals surface area contributed by atoms with E-state index in [9.17, 15) is 9.59 Å². The Balaban J connectivity index is 0.000000158. The van der Waals surface area contributed by atoms with E-state index in [-0.39, 0.29) is 11.3 Å². The molecule has 0 amide bonds. The lowest BCUT2D eigenvalue weighted by molar-refractivity contribution is 0.560. The van der Waals surface area contributed by atoms with Crippen LogP contribution in [0, 0.1) is 0 Å². The van der Waals surface area contributed by atoms with E-state index in [2.05, 4.69) is 23.3 Å². The number of para-hydroxylation sites is 2. The van der Waals surface area contributed by atoms with Crippen LogP contribution in [0.1, 0.15) is 0 Å². The molecule has 0 aliphatic heterocycles. The number of hydrogen-bond acceptors (Lipinski definition) is 6. The van der Waals surface area contributed by atoms with E-state index < -0.39 is 0 Å². The predicted octanol–water partition coefficient (Wildman–Crippen LogP) is 4.35. The van der Waals surface area contributed by atoms with Gasteiger partial charge in [0.15, 0.2) is 0 Å². The summed E-state index contributed by atoms with van der Waals surface area (Å²) < 4.78 is 9.81. The first-order valence-electron chi connectivity index (χ1n) is 6.90. The van der Waals surface area contributed by atoms with Crippen LogP contribution in [-0.2, 0) is 0 Å². The summed E-state index contributed by atoms with van der Waals surface area (Å²) in [5.74, 6) is 0. The highest BCUT2D eigenvalue weighted by molar-refractivity contribution is 8.59. The number of benzene rings is 2. The van der Waals surface area contributed by atoms with Crippen molar-refractivity contribution in [2.75, 3.05) is 0 Å². The van der Waals surface area contributed by atoms with Crippen LogP contribution in [0.3, 0.4) is 0 Å². The van der Waals surface area contributed by atoms with Crippen molar-refractivity contribution in [3.05, 3.63) is 93.6 Å². The van der Waals surface area contributed by atoms with Crippen molar-refractivity contribution in [2.45, 2.75) is 0 Å². The fourth-order valence-electron chi connectivity index (χ4n) is 2.02. The molecular formula is C18H14O4S2. The fraction of sp³-hybridized carbons (Fsp3) is 0. The Labute approximate surface area is 148 Å². The molecule has 0 atom stereocenters. The first-order chi connectivity index (χ1) is 11.7. The summed E-state index contributed by atoms with van der Waals surface area (Å²) in [6.45, 7) is 0. The Morgan fingerprint density at radius 3 is 1.33 bits per heavy atom. The van der Waals surface area contributed by atoms with Crippen LogP contribution in [0.15, 0.2) is 91.2 Å². The molecule has 0 radical (unpaired) electrons. The van der Waals surface area contributed by atoms with Crippen molar-refractivity contribution in [2.24, 2.45) is 0 Å². The van der Waals surface area contributed by atoms with Gasteiger partial charge in [0.2, 0.25) is 0 Å². The molecule has 122 valence electrons. The Bertz CT molecular complexity index is 952. The molecule has 0 saturated heterocycles. The molecular weight excluding hydrogens is 344 g/mol. The van der Waals surface area contributed by atoms with Gasteiger partial charge in [-0.15, -0.1) is 23.3 Å². The summed E-state index contributed by atoms with van der Waals surface area (Å²) in [4.78, 5) is 21.4. The maximum absolute atomic E-state index is 10.7. The second kappa shape index (κ2) is 9.00. The van der Waals surface area contributed by atoms with Gasteiger partial charge in [-0.05, 0) is 24.3 Å². The van der Waals surface area contributed by atoms with Crippen molar-refractivity contribution in [3.63, 3.8) is 0 Å². The lowest BCUT2D eigenvalue weighted by Crippen LogP contribution is -1.93. The molecule has 0 saturated carbocycles. The van der Waals surface area contributed by atoms with E-state index in [1.807, 2.05) is 36.4 Å². The van der Waals surface area contributed by atoms with Crippen molar-refractivity contribution < 1.29 is 8.83 Å². The minimum absolute atomic E-state index is 0.302. The highest BCUT2D eigenvalue weighted by Crippen LogP contribution is 2.09. The van der Waals surface area contributed by atoms with E-state index in [1.165, 1.54) is 12.1 Å². The van der Waals surface area contributed by atoms with Gasteiger partial charge in [0.05, 0.1) is 0 Å². The Hall–Kier alpha value is -2.44. The minimum atomic E-state index is -0.302. The third-order valence-electron chi connectivity index (χ3n) is 3.06. The lowest BCUT2D eigenvalue weighted by atomic mass is 10.2. The average Bonchev–Trinajstić information content (AvgIpc) is 2.64. The molecule has 2 aromatic heterocycles. The van der Waals surface area contributed by atoms with Crippen molar-refractivity contribution in [1.29, 1.82) is 0 Å². The molecule has 24 heavy (non-hydrogen) atoms. The van der Waals surface area contributed by atoms with Crippen LogP contribution in [0.2, 0.25) is 0 Å². The quantitative estimate of drug-likeness (QED) is 0.279. The maximum Gasteiger partial charge on any atom is 0.336 e. The average molecular weight is 358 g/mol. The minimum Gasteiger partial charge on any atom is -0.423 e. The third kappa shape index (κ3) is 4.78. The zero-order chi connectivity index (χ0) is 17.4. The largest absolute Gasteiger partial charge is 0.423 e. The molecule has 4 aromatic rings. The first-order valence-corrected chi connectivity index (χ1v) is 8.50. The molecule has 0 aliphatic carbocycles. The Morgan fingerprint density at radius 1 is 0.542 bits per heavy atom. The summed E-state index contributed by atoms with van der Waals surface area (Å²) in [7, 11) is 0. The highest BCUT2D eigenvalue weighted by Gasteiger charge is 1.93. The van der Waals surface area contributed by atoms with Crippen LogP contribution in [0.4, 0.5) is 0 Å². The molecule has 0 bridgehead atoms. The monoisotopic (exact) mass is 358 g/mol. The van der Waals surface area contributed by atoms with Gasteiger partial charge in [-0.2, -0.15) is 0 Å². The van der Waals surface area contributed by atoms with Gasteiger partial charge < -0.3 is 8.83 Å². The van der Waals surface area contributed by atoms with Crippen LogP contribution < -0.4 is 11.3 Å². The lowest BCUT2D eigenvalue weighted by Gasteiger charge is -1.91. The predicted molar refractivity (Wildman–Crippen MR) is 103 cm³/mol. The van der Waals surface area contributed by atoms with E-state index in [4.69, 9.17) is 8.83 Å². The van der Waals surface area contributed by atoms with E-state index >= 15 is 0 Å². The number of thiol groups is 2. The van der Waals surface area contributed by atoms with Gasteiger partial charge in [-0.1, -0.05) is 36.4 Å². The molecule has 4 rings (SSSR count). The molecule has 6 heteroatoms. The van der Waals surface area contributed by atoms with Gasteiger partial charge in [-0.25, -0.2) is 9.59 Å². The normalized spacial score (nSPS) is 9.58. The summed E-state index contributed by atoms with van der Waals surface area (Å²) in [5.41, 5.74) is 0.674. The molecule has 0 fully saturated rings. The molecule has 0 aliphatic rings. The van der Waals surface area contributed by atoms with Crippen LogP contribution in [0.25, 0.3) is 21.9 Å². The molecule has 0 N–H and O–H groups in total. The maximum atomic E-state index is 10.7. The topological polar surface area (TPSA) is 60.4 Å². The number of hydrogen-bond donors (Lipinski definition) is 2. The van der Waals surface area contributed by atoms with Gasteiger partial charge >= 0.3 is 11.3 Å². The summed E-state index contributed by atoms with van der Waals surface area (Å²) in [5, 5.41) is 1.90. The van der Waals surface area contributed by atoms with Crippen molar-refractivity contribution in [3.8, 4) is 0 Å². The number of fused-ring (bicyclic) bond motifs is 2. The van der Waals surface area contributed by atoms with Gasteiger partial charge in [0.25, 0.3) is 0 Å². The summed E-state index contributed by atoms with van der Waals surface area (Å²) >= 11 is 6.44. The van der Waals surface area contributed by atoms with Crippen LogP contribution in [-0.4, -0.2) is 0 Å². The summed E-state index contributed by atoms with van der Waals surface area (Å²) in [6.07, 6.45) is 0. The zero-order valence-corrected chi connectivity index (χ0v) is 14.2. The Morgan fingerprint density at radius 2 is 0.917 bits per heavy atom. The highest BCUT2D eigenvalue weighted by atomic mass is 33.1. The van der Waals surface area contributed by atoms with E-state index in [0.29, 0.717) is 11.2 Å². The number of rotatable bonds is 0. The van der Waals surface area contributed by atoms with Gasteiger partial charge in [0, 0.05) is 22.9 Å². The summed E-state index contributed by atoms with van der Waals surface area (Å²) in [6, 6.07) is 21.2. The van der Waals surface area contributed by atoms with Crippen LogP contribution >= 0.6 is 23.3 Å². The van der Waals surface area contributed by atoms with Gasteiger partial charge in [-0.3, -0.25) is 0 Å². The second-order valence-corrected chi connectivity index (χ2v) is 4.58. The molecule has 0 spiro atoms.